The topological polar surface area (TPSA) is 73.1 Å². The minimum Gasteiger partial charge on any atom is -0.352 e. The molecule has 2 heterocycles. The van der Waals surface area contributed by atoms with Crippen molar-refractivity contribution in [2.45, 2.75) is 0 Å². The summed E-state index contributed by atoms with van der Waals surface area (Å²) in [5, 5.41) is 16.5. The average molecular weight is 311 g/mol. The molecule has 0 spiro atoms. The van der Waals surface area contributed by atoms with Gasteiger partial charge in [-0.25, -0.2) is 4.39 Å². The van der Waals surface area contributed by atoms with Crippen molar-refractivity contribution in [2.24, 2.45) is 0 Å². The lowest BCUT2D eigenvalue weighted by molar-refractivity contribution is 0.0742. The highest BCUT2D eigenvalue weighted by molar-refractivity contribution is 5.94. The van der Waals surface area contributed by atoms with E-state index in [9.17, 15) is 9.18 Å². The third-order valence-corrected chi connectivity index (χ3v) is 3.76. The van der Waals surface area contributed by atoms with Gasteiger partial charge in [0.25, 0.3) is 5.91 Å². The van der Waals surface area contributed by atoms with E-state index in [4.69, 9.17) is 5.26 Å². The molecule has 3 rings (SSSR count). The Hall–Kier alpha value is -3.01. The molecule has 1 aromatic carbocycles. The lowest BCUT2D eigenvalue weighted by atomic mass is 10.1. The van der Waals surface area contributed by atoms with Crippen LogP contribution in [-0.2, 0) is 0 Å². The first-order valence-electron chi connectivity index (χ1n) is 7.21. The number of carbonyl (C=O) groups is 1. The maximum Gasteiger partial charge on any atom is 0.256 e. The van der Waals surface area contributed by atoms with E-state index in [0.29, 0.717) is 32.0 Å². The minimum absolute atomic E-state index is 0.0964. The Bertz CT molecular complexity index is 748. The molecule has 23 heavy (non-hydrogen) atoms. The largest absolute Gasteiger partial charge is 0.352 e. The Morgan fingerprint density at radius 3 is 2.43 bits per heavy atom. The molecule has 0 N–H and O–H groups in total. The maximum atomic E-state index is 13.7. The minimum atomic E-state index is -0.502. The third-order valence-electron chi connectivity index (χ3n) is 3.76. The summed E-state index contributed by atoms with van der Waals surface area (Å²) < 4.78 is 13.7. The monoisotopic (exact) mass is 311 g/mol. The second-order valence-corrected chi connectivity index (χ2v) is 5.15. The third kappa shape index (κ3) is 3.11. The van der Waals surface area contributed by atoms with E-state index in [2.05, 4.69) is 10.2 Å². The first kappa shape index (κ1) is 14.9. The molecule has 1 aliphatic heterocycles. The zero-order valence-corrected chi connectivity index (χ0v) is 12.3. The van der Waals surface area contributed by atoms with Crippen LogP contribution in [0.4, 0.5) is 10.2 Å². The molecule has 116 valence electrons. The molecule has 1 fully saturated rings. The average Bonchev–Trinajstić information content (AvgIpc) is 2.62. The number of nitrogens with zero attached hydrogens (tertiary/aromatic N) is 5. The molecular weight excluding hydrogens is 297 g/mol. The fourth-order valence-corrected chi connectivity index (χ4v) is 2.50. The lowest BCUT2D eigenvalue weighted by Crippen LogP contribution is -2.49. The van der Waals surface area contributed by atoms with Crippen LogP contribution < -0.4 is 4.90 Å². The van der Waals surface area contributed by atoms with Gasteiger partial charge in [-0.15, -0.1) is 10.2 Å². The van der Waals surface area contributed by atoms with Crippen molar-refractivity contribution in [2.75, 3.05) is 31.1 Å². The number of amides is 1. The fraction of sp³-hybridized carbons (Fsp3) is 0.250. The van der Waals surface area contributed by atoms with E-state index in [1.54, 1.807) is 29.2 Å². The van der Waals surface area contributed by atoms with Crippen molar-refractivity contribution < 1.29 is 9.18 Å². The quantitative estimate of drug-likeness (QED) is 0.839. The summed E-state index contributed by atoms with van der Waals surface area (Å²) in [6, 6.07) is 11.3. The van der Waals surface area contributed by atoms with Crippen molar-refractivity contribution in [3.63, 3.8) is 0 Å². The molecule has 0 radical (unpaired) electrons. The summed E-state index contributed by atoms with van der Waals surface area (Å²) in [5.41, 5.74) is 0.362. The van der Waals surface area contributed by atoms with Crippen molar-refractivity contribution in [1.29, 1.82) is 5.26 Å². The Kier molecular flexibility index (Phi) is 4.15. The molecule has 0 unspecified atom stereocenters. The predicted octanol–water partition coefficient (Wildman–Crippen LogP) is 1.45. The van der Waals surface area contributed by atoms with Gasteiger partial charge in [-0.3, -0.25) is 4.79 Å². The number of carbonyl (C=O) groups excluding carboxylic acids is 1. The SMILES string of the molecule is N#Cc1ccc(N2CCN(C(=O)c3ccccc3F)CC2)nn1. The van der Waals surface area contributed by atoms with Crippen LogP contribution in [0.25, 0.3) is 0 Å². The van der Waals surface area contributed by atoms with Crippen LogP contribution in [0.3, 0.4) is 0 Å². The van der Waals surface area contributed by atoms with Gasteiger partial charge in [-0.1, -0.05) is 12.1 Å². The molecule has 1 saturated heterocycles. The molecule has 6 nitrogen and oxygen atoms in total. The lowest BCUT2D eigenvalue weighted by Gasteiger charge is -2.35. The van der Waals surface area contributed by atoms with Crippen LogP contribution in [0, 0.1) is 17.1 Å². The summed E-state index contributed by atoms with van der Waals surface area (Å²) in [7, 11) is 0. The molecule has 2 aromatic rings. The van der Waals surface area contributed by atoms with Gasteiger partial charge in [0.2, 0.25) is 0 Å². The Morgan fingerprint density at radius 1 is 1.09 bits per heavy atom. The van der Waals surface area contributed by atoms with Crippen LogP contribution in [0.5, 0.6) is 0 Å². The normalized spacial score (nSPS) is 14.4. The van der Waals surface area contributed by atoms with E-state index in [-0.39, 0.29) is 17.2 Å². The van der Waals surface area contributed by atoms with E-state index >= 15 is 0 Å². The molecule has 1 aromatic heterocycles. The Labute approximate surface area is 132 Å². The number of hydrogen-bond donors (Lipinski definition) is 0. The second kappa shape index (κ2) is 6.40. The van der Waals surface area contributed by atoms with Crippen LogP contribution in [0.2, 0.25) is 0 Å². The number of hydrogen-bond acceptors (Lipinski definition) is 5. The highest BCUT2D eigenvalue weighted by Crippen LogP contribution is 2.16. The molecule has 7 heteroatoms. The highest BCUT2D eigenvalue weighted by atomic mass is 19.1. The van der Waals surface area contributed by atoms with Gasteiger partial charge >= 0.3 is 0 Å². The molecule has 0 aliphatic carbocycles. The van der Waals surface area contributed by atoms with Gasteiger partial charge in [-0.05, 0) is 24.3 Å². The number of piperazine rings is 1. The van der Waals surface area contributed by atoms with E-state index in [1.165, 1.54) is 12.1 Å². The predicted molar refractivity (Wildman–Crippen MR) is 81.3 cm³/mol. The summed E-state index contributed by atoms with van der Waals surface area (Å²) >= 11 is 0. The zero-order valence-electron chi connectivity index (χ0n) is 12.3. The number of nitriles is 1. The standard InChI is InChI=1S/C16H14FN5O/c17-14-4-2-1-3-13(14)16(23)22-9-7-21(8-10-22)15-6-5-12(11-18)19-20-15/h1-6H,7-10H2. The van der Waals surface area contributed by atoms with Crippen molar-refractivity contribution >= 4 is 11.7 Å². The Balaban J connectivity index is 1.65. The highest BCUT2D eigenvalue weighted by Gasteiger charge is 2.24. The fourth-order valence-electron chi connectivity index (χ4n) is 2.50. The number of halogens is 1. The van der Waals surface area contributed by atoms with Crippen molar-refractivity contribution in [1.82, 2.24) is 15.1 Å². The van der Waals surface area contributed by atoms with Crippen LogP contribution in [0.15, 0.2) is 36.4 Å². The van der Waals surface area contributed by atoms with Crippen LogP contribution in [-0.4, -0.2) is 47.2 Å². The van der Waals surface area contributed by atoms with E-state index in [1.807, 2.05) is 11.0 Å². The van der Waals surface area contributed by atoms with Gasteiger partial charge in [0, 0.05) is 26.2 Å². The first-order valence-corrected chi connectivity index (χ1v) is 7.21. The van der Waals surface area contributed by atoms with Gasteiger partial charge in [0.1, 0.15) is 11.9 Å². The van der Waals surface area contributed by atoms with Gasteiger partial charge in [0.05, 0.1) is 5.56 Å². The van der Waals surface area contributed by atoms with E-state index in [0.717, 1.165) is 0 Å². The zero-order chi connectivity index (χ0) is 16.2. The summed E-state index contributed by atoms with van der Waals surface area (Å²) in [4.78, 5) is 16.0. The van der Waals surface area contributed by atoms with Crippen molar-refractivity contribution in [3.8, 4) is 6.07 Å². The number of aromatic nitrogens is 2. The molecule has 1 amide bonds. The van der Waals surface area contributed by atoms with Gasteiger partial charge < -0.3 is 9.80 Å². The molecule has 0 saturated carbocycles. The molecule has 1 aliphatic rings. The van der Waals surface area contributed by atoms with Crippen molar-refractivity contribution in [3.05, 3.63) is 53.5 Å². The van der Waals surface area contributed by atoms with Gasteiger partial charge in [-0.2, -0.15) is 5.26 Å². The number of rotatable bonds is 2. The smallest absolute Gasteiger partial charge is 0.256 e. The molecular formula is C16H14FN5O. The van der Waals surface area contributed by atoms with Gasteiger partial charge in [0.15, 0.2) is 11.5 Å². The van der Waals surface area contributed by atoms with Crippen LogP contribution in [0.1, 0.15) is 16.1 Å². The van der Waals surface area contributed by atoms with Crippen LogP contribution >= 0.6 is 0 Å². The Morgan fingerprint density at radius 2 is 1.83 bits per heavy atom. The first-order chi connectivity index (χ1) is 11.2. The maximum absolute atomic E-state index is 13.7. The molecule has 0 bridgehead atoms. The summed E-state index contributed by atoms with van der Waals surface area (Å²) in [5.74, 6) is -0.131. The van der Waals surface area contributed by atoms with E-state index < -0.39 is 5.82 Å². The molecule has 0 atom stereocenters. The summed E-state index contributed by atoms with van der Waals surface area (Å²) in [6.45, 7) is 2.13. The number of anilines is 1. The summed E-state index contributed by atoms with van der Waals surface area (Å²) in [6.07, 6.45) is 0. The second-order valence-electron chi connectivity index (χ2n) is 5.15. The number of benzene rings is 1.